The van der Waals surface area contributed by atoms with Gasteiger partial charge in [-0.05, 0) is 65.3 Å². The summed E-state index contributed by atoms with van der Waals surface area (Å²) in [4.78, 5) is 0. The Hall–Kier alpha value is -3.94. The van der Waals surface area contributed by atoms with Gasteiger partial charge in [0.05, 0.1) is 0 Å². The van der Waals surface area contributed by atoms with Crippen LogP contribution in [-0.2, 0) is 19.0 Å². The Balaban J connectivity index is 1.44. The van der Waals surface area contributed by atoms with E-state index in [2.05, 4.69) is 0 Å². The van der Waals surface area contributed by atoms with E-state index in [0.717, 1.165) is 17.2 Å². The van der Waals surface area contributed by atoms with E-state index in [1.165, 1.54) is 12.1 Å². The quantitative estimate of drug-likeness (QED) is 0.188. The van der Waals surface area contributed by atoms with E-state index in [1.807, 2.05) is 12.1 Å². The van der Waals surface area contributed by atoms with Crippen LogP contribution in [-0.4, -0.2) is 0 Å². The molecule has 0 saturated carbocycles. The zero-order chi connectivity index (χ0) is 29.0. The van der Waals surface area contributed by atoms with Crippen molar-refractivity contribution in [3.05, 3.63) is 124 Å². The van der Waals surface area contributed by atoms with Gasteiger partial charge >= 0.3 is 6.18 Å². The van der Waals surface area contributed by atoms with Gasteiger partial charge in [-0.3, -0.25) is 0 Å². The van der Waals surface area contributed by atoms with Gasteiger partial charge in [-0.2, -0.15) is 13.2 Å². The third kappa shape index (κ3) is 6.61. The summed E-state index contributed by atoms with van der Waals surface area (Å²) in [6.07, 6.45) is -3.31. The molecular weight excluding hydrogens is 536 g/mol. The Morgan fingerprint density at radius 3 is 1.62 bits per heavy atom. The molecule has 0 heterocycles. The lowest BCUT2D eigenvalue weighted by Crippen LogP contribution is -2.11. The predicted molar refractivity (Wildman–Crippen MR) is 140 cm³/mol. The minimum atomic E-state index is -5.21. The molecule has 0 N–H and O–H groups in total. The Labute approximate surface area is 226 Å². The van der Waals surface area contributed by atoms with Crippen LogP contribution in [0.5, 0.6) is 0 Å². The van der Waals surface area contributed by atoms with Crippen molar-refractivity contribution in [2.24, 2.45) is 0 Å². The molecule has 0 radical (unpaired) electrons. The highest BCUT2D eigenvalue weighted by molar-refractivity contribution is 5.71. The van der Waals surface area contributed by atoms with E-state index < -0.39 is 40.8 Å². The molecule has 0 atom stereocenters. The standard InChI is InChI=1S/C32H24F8/c1-2-3-26(33)31(37)22-12-8-20(9-13-22)5-4-19-6-10-21(11-7-19)23-14-15-25(27(34)16-23)24-17-28(35)30(29(36)18-24)32(38,39)40/h6-18H,2-5H2,1H3. The monoisotopic (exact) mass is 560 g/mol. The molecule has 0 aliphatic rings. The molecule has 0 fully saturated rings. The van der Waals surface area contributed by atoms with E-state index in [4.69, 9.17) is 0 Å². The fourth-order valence-electron chi connectivity index (χ4n) is 4.38. The maximum absolute atomic E-state index is 14.9. The summed E-state index contributed by atoms with van der Waals surface area (Å²) in [5.41, 5.74) is 0.675. The van der Waals surface area contributed by atoms with E-state index >= 15 is 0 Å². The third-order valence-electron chi connectivity index (χ3n) is 6.51. The lowest BCUT2D eigenvalue weighted by atomic mass is 9.97. The normalized spacial score (nSPS) is 12.4. The first-order valence-corrected chi connectivity index (χ1v) is 12.6. The average Bonchev–Trinajstić information content (AvgIpc) is 2.91. The molecule has 4 aromatic carbocycles. The first-order valence-electron chi connectivity index (χ1n) is 12.6. The van der Waals surface area contributed by atoms with Crippen LogP contribution < -0.4 is 0 Å². The van der Waals surface area contributed by atoms with Crippen molar-refractivity contribution in [1.82, 2.24) is 0 Å². The number of alkyl halides is 3. The van der Waals surface area contributed by atoms with Crippen molar-refractivity contribution in [3.8, 4) is 22.3 Å². The molecule has 0 aliphatic heterocycles. The Morgan fingerprint density at radius 2 is 1.12 bits per heavy atom. The molecule has 0 amide bonds. The average molecular weight is 561 g/mol. The number of rotatable bonds is 8. The minimum absolute atomic E-state index is 0.0550. The Morgan fingerprint density at radius 1 is 0.625 bits per heavy atom. The van der Waals surface area contributed by atoms with Crippen molar-refractivity contribution in [2.45, 2.75) is 38.8 Å². The number of benzene rings is 4. The van der Waals surface area contributed by atoms with Gasteiger partial charge in [-0.15, -0.1) is 0 Å². The summed E-state index contributed by atoms with van der Waals surface area (Å²) >= 11 is 0. The van der Waals surface area contributed by atoms with Crippen LogP contribution in [0.25, 0.3) is 28.1 Å². The van der Waals surface area contributed by atoms with Gasteiger partial charge in [-0.25, -0.2) is 22.0 Å². The highest BCUT2D eigenvalue weighted by atomic mass is 19.4. The second kappa shape index (κ2) is 12.1. The lowest BCUT2D eigenvalue weighted by Gasteiger charge is -2.12. The summed E-state index contributed by atoms with van der Waals surface area (Å²) in [6.45, 7) is 1.77. The van der Waals surface area contributed by atoms with Crippen molar-refractivity contribution in [1.29, 1.82) is 0 Å². The van der Waals surface area contributed by atoms with E-state index in [9.17, 15) is 35.1 Å². The van der Waals surface area contributed by atoms with Crippen molar-refractivity contribution in [2.75, 3.05) is 0 Å². The maximum Gasteiger partial charge on any atom is 0.422 e. The van der Waals surface area contributed by atoms with Gasteiger partial charge in [0.2, 0.25) is 0 Å². The molecule has 0 aromatic heterocycles. The van der Waals surface area contributed by atoms with Crippen LogP contribution in [0.3, 0.4) is 0 Å². The van der Waals surface area contributed by atoms with Crippen LogP contribution in [0.1, 0.15) is 42.0 Å². The van der Waals surface area contributed by atoms with Gasteiger partial charge < -0.3 is 0 Å². The molecule has 0 nitrogen and oxygen atoms in total. The highest BCUT2D eigenvalue weighted by Crippen LogP contribution is 2.37. The van der Waals surface area contributed by atoms with Gasteiger partial charge in [0.15, 0.2) is 5.83 Å². The second-order valence-electron chi connectivity index (χ2n) is 9.37. The highest BCUT2D eigenvalue weighted by Gasteiger charge is 2.38. The Kier molecular flexibility index (Phi) is 8.76. The summed E-state index contributed by atoms with van der Waals surface area (Å²) in [7, 11) is 0. The minimum Gasteiger partial charge on any atom is -0.209 e. The molecule has 0 spiro atoms. The largest absolute Gasteiger partial charge is 0.422 e. The van der Waals surface area contributed by atoms with E-state index in [1.54, 1.807) is 43.3 Å². The van der Waals surface area contributed by atoms with E-state index in [0.29, 0.717) is 42.5 Å². The van der Waals surface area contributed by atoms with Crippen LogP contribution >= 0.6 is 0 Å². The smallest absolute Gasteiger partial charge is 0.209 e. The van der Waals surface area contributed by atoms with Gasteiger partial charge in [0.1, 0.15) is 28.8 Å². The first kappa shape index (κ1) is 29.1. The van der Waals surface area contributed by atoms with E-state index in [-0.39, 0.29) is 23.1 Å². The summed E-state index contributed by atoms with van der Waals surface area (Å²) in [5, 5.41) is 0. The van der Waals surface area contributed by atoms with Crippen LogP contribution in [0, 0.1) is 17.5 Å². The number of halogens is 8. The van der Waals surface area contributed by atoms with Crippen LogP contribution in [0.4, 0.5) is 35.1 Å². The van der Waals surface area contributed by atoms with Crippen LogP contribution in [0.2, 0.25) is 0 Å². The summed E-state index contributed by atoms with van der Waals surface area (Å²) in [5.74, 6) is -6.08. The van der Waals surface area contributed by atoms with Crippen molar-refractivity contribution < 1.29 is 35.1 Å². The maximum atomic E-state index is 14.9. The first-order chi connectivity index (χ1) is 19.0. The predicted octanol–water partition coefficient (Wildman–Crippen LogP) is 10.6. The molecule has 8 heteroatoms. The Bertz CT molecular complexity index is 1490. The van der Waals surface area contributed by atoms with Gasteiger partial charge in [0, 0.05) is 17.5 Å². The molecule has 0 bridgehead atoms. The molecule has 0 unspecified atom stereocenters. The fourth-order valence-corrected chi connectivity index (χ4v) is 4.38. The third-order valence-corrected chi connectivity index (χ3v) is 6.51. The summed E-state index contributed by atoms with van der Waals surface area (Å²) < 4.78 is 109. The topological polar surface area (TPSA) is 0 Å². The second-order valence-corrected chi connectivity index (χ2v) is 9.37. The zero-order valence-electron chi connectivity index (χ0n) is 21.4. The lowest BCUT2D eigenvalue weighted by molar-refractivity contribution is -0.142. The van der Waals surface area contributed by atoms with Crippen molar-refractivity contribution in [3.63, 3.8) is 0 Å². The molecule has 208 valence electrons. The zero-order valence-corrected chi connectivity index (χ0v) is 21.4. The number of hydrogen-bond acceptors (Lipinski definition) is 0. The summed E-state index contributed by atoms with van der Waals surface area (Å²) in [6, 6.07) is 18.7. The molecule has 0 aliphatic carbocycles. The molecule has 4 aromatic rings. The van der Waals surface area contributed by atoms with Gasteiger partial charge in [0.25, 0.3) is 0 Å². The fraction of sp³-hybridized carbons (Fsp3) is 0.188. The number of allylic oxidation sites excluding steroid dienone is 1. The number of aryl methyl sites for hydroxylation is 2. The molecule has 4 rings (SSSR count). The van der Waals surface area contributed by atoms with Gasteiger partial charge in [-0.1, -0.05) is 67.6 Å². The number of hydrogen-bond donors (Lipinski definition) is 0. The molecular formula is C32H24F8. The van der Waals surface area contributed by atoms with Crippen molar-refractivity contribution >= 4 is 5.83 Å². The molecule has 40 heavy (non-hydrogen) atoms. The molecule has 0 saturated heterocycles. The SMILES string of the molecule is CCCC(F)=C(F)c1ccc(CCc2ccc(-c3ccc(-c4cc(F)c(C(F)(F)F)c(F)c4)c(F)c3)cc2)cc1. The van der Waals surface area contributed by atoms with Crippen LogP contribution in [0.15, 0.2) is 84.7 Å².